The first-order valence-corrected chi connectivity index (χ1v) is 3.80. The first-order chi connectivity index (χ1) is 5.67. The minimum atomic E-state index is -0.591. The second kappa shape index (κ2) is 5.49. The molecule has 0 saturated carbocycles. The SMILES string of the molecule is CCOC(=O)C(S)=C(C#N)NC. The molecule has 66 valence electrons. The van der Waals surface area contributed by atoms with Crippen molar-refractivity contribution in [1.29, 1.82) is 5.26 Å². The molecular formula is C7H10N2O2S. The molecule has 0 unspecified atom stereocenters. The van der Waals surface area contributed by atoms with Crippen molar-refractivity contribution in [2.45, 2.75) is 6.92 Å². The molecule has 0 aliphatic carbocycles. The lowest BCUT2D eigenvalue weighted by Crippen LogP contribution is -2.12. The van der Waals surface area contributed by atoms with E-state index in [4.69, 9.17) is 5.26 Å². The van der Waals surface area contributed by atoms with Crippen LogP contribution < -0.4 is 5.32 Å². The van der Waals surface area contributed by atoms with Gasteiger partial charge in [-0.3, -0.25) is 0 Å². The van der Waals surface area contributed by atoms with Gasteiger partial charge in [0.05, 0.1) is 6.61 Å². The smallest absolute Gasteiger partial charge is 0.347 e. The average Bonchev–Trinajstić information content (AvgIpc) is 2.07. The minimum Gasteiger partial charge on any atom is -0.462 e. The van der Waals surface area contributed by atoms with Crippen molar-refractivity contribution >= 4 is 18.6 Å². The summed E-state index contributed by atoms with van der Waals surface area (Å²) in [6.07, 6.45) is 0. The van der Waals surface area contributed by atoms with E-state index in [0.29, 0.717) is 0 Å². The van der Waals surface area contributed by atoms with Crippen molar-refractivity contribution in [3.05, 3.63) is 10.6 Å². The van der Waals surface area contributed by atoms with Crippen molar-refractivity contribution in [2.24, 2.45) is 0 Å². The summed E-state index contributed by atoms with van der Waals surface area (Å²) in [4.78, 5) is 11.0. The number of nitriles is 1. The van der Waals surface area contributed by atoms with Gasteiger partial charge in [0.1, 0.15) is 16.7 Å². The first-order valence-electron chi connectivity index (χ1n) is 3.35. The normalized spacial score (nSPS) is 11.2. The van der Waals surface area contributed by atoms with Crippen LogP contribution in [0.3, 0.4) is 0 Å². The third kappa shape index (κ3) is 2.84. The maximum Gasteiger partial charge on any atom is 0.347 e. The van der Waals surface area contributed by atoms with Crippen LogP contribution in [0.4, 0.5) is 0 Å². The quantitative estimate of drug-likeness (QED) is 0.290. The Labute approximate surface area is 76.6 Å². The van der Waals surface area contributed by atoms with E-state index in [0.717, 1.165) is 0 Å². The van der Waals surface area contributed by atoms with Crippen molar-refractivity contribution in [3.8, 4) is 6.07 Å². The number of hydrogen-bond acceptors (Lipinski definition) is 5. The van der Waals surface area contributed by atoms with Gasteiger partial charge < -0.3 is 10.1 Å². The fraction of sp³-hybridized carbons (Fsp3) is 0.429. The number of hydrogen-bond donors (Lipinski definition) is 2. The number of thiol groups is 1. The molecular weight excluding hydrogens is 176 g/mol. The van der Waals surface area contributed by atoms with Crippen LogP contribution in [0.25, 0.3) is 0 Å². The highest BCUT2D eigenvalue weighted by Crippen LogP contribution is 2.07. The summed E-state index contributed by atoms with van der Waals surface area (Å²) in [5, 5.41) is 11.0. The minimum absolute atomic E-state index is 0.00171. The highest BCUT2D eigenvalue weighted by atomic mass is 32.1. The molecule has 5 heteroatoms. The number of esters is 1. The maximum atomic E-state index is 11.0. The number of nitrogens with zero attached hydrogens (tertiary/aromatic N) is 1. The lowest BCUT2D eigenvalue weighted by molar-refractivity contribution is -0.137. The Kier molecular flexibility index (Phi) is 4.97. The maximum absolute atomic E-state index is 11.0. The Balaban J connectivity index is 4.54. The van der Waals surface area contributed by atoms with Crippen LogP contribution in [0.5, 0.6) is 0 Å². The second-order valence-corrected chi connectivity index (χ2v) is 2.25. The Morgan fingerprint density at radius 1 is 1.75 bits per heavy atom. The summed E-state index contributed by atoms with van der Waals surface area (Å²) in [5.41, 5.74) is 0.108. The number of carbonyl (C=O) groups excluding carboxylic acids is 1. The van der Waals surface area contributed by atoms with Crippen LogP contribution in [0.2, 0.25) is 0 Å². The van der Waals surface area contributed by atoms with Gasteiger partial charge in [-0.2, -0.15) is 5.26 Å². The zero-order valence-corrected chi connectivity index (χ0v) is 7.81. The Morgan fingerprint density at radius 2 is 2.33 bits per heavy atom. The van der Waals surface area contributed by atoms with E-state index in [2.05, 4.69) is 22.7 Å². The second-order valence-electron chi connectivity index (χ2n) is 1.81. The molecule has 0 aliphatic rings. The number of carbonyl (C=O) groups is 1. The molecule has 0 aliphatic heterocycles. The predicted octanol–water partition coefficient (Wildman–Crippen LogP) is 0.434. The van der Waals surface area contributed by atoms with E-state index in [1.165, 1.54) is 7.05 Å². The van der Waals surface area contributed by atoms with Crippen LogP contribution in [0, 0.1) is 11.3 Å². The molecule has 0 spiro atoms. The van der Waals surface area contributed by atoms with Crippen molar-refractivity contribution in [1.82, 2.24) is 5.32 Å². The molecule has 1 N–H and O–H groups in total. The summed E-state index contributed by atoms with van der Waals surface area (Å²) >= 11 is 3.83. The van der Waals surface area contributed by atoms with Gasteiger partial charge in [0.2, 0.25) is 0 Å². The van der Waals surface area contributed by atoms with Gasteiger partial charge in [0, 0.05) is 7.05 Å². The number of rotatable bonds is 3. The highest BCUT2D eigenvalue weighted by molar-refractivity contribution is 7.85. The first kappa shape index (κ1) is 10.8. The van der Waals surface area contributed by atoms with E-state index in [-0.39, 0.29) is 17.2 Å². The standard InChI is InChI=1S/C7H10N2O2S/c1-3-11-7(10)6(12)5(4-8)9-2/h9,12H,3H2,1-2H3. The molecule has 0 aromatic carbocycles. The molecule has 0 amide bonds. The average molecular weight is 186 g/mol. The lowest BCUT2D eigenvalue weighted by Gasteiger charge is -2.02. The zero-order chi connectivity index (χ0) is 9.56. The Morgan fingerprint density at radius 3 is 2.67 bits per heavy atom. The van der Waals surface area contributed by atoms with Crippen LogP contribution in [0.15, 0.2) is 10.6 Å². The van der Waals surface area contributed by atoms with Gasteiger partial charge in [-0.15, -0.1) is 12.6 Å². The van der Waals surface area contributed by atoms with Gasteiger partial charge in [-0.25, -0.2) is 4.79 Å². The molecule has 0 aromatic heterocycles. The molecule has 0 bridgehead atoms. The third-order valence-electron chi connectivity index (χ3n) is 1.07. The summed E-state index contributed by atoms with van der Waals surface area (Å²) in [5.74, 6) is -0.591. The fourth-order valence-corrected chi connectivity index (χ4v) is 0.755. The lowest BCUT2D eigenvalue weighted by atomic mass is 10.4. The van der Waals surface area contributed by atoms with Crippen LogP contribution in [0.1, 0.15) is 6.92 Å². The zero-order valence-electron chi connectivity index (χ0n) is 6.92. The summed E-state index contributed by atoms with van der Waals surface area (Å²) in [6, 6.07) is 1.78. The Hall–Kier alpha value is -1.15. The summed E-state index contributed by atoms with van der Waals surface area (Å²) in [7, 11) is 1.54. The van der Waals surface area contributed by atoms with E-state index >= 15 is 0 Å². The molecule has 4 nitrogen and oxygen atoms in total. The molecule has 0 heterocycles. The van der Waals surface area contributed by atoms with Crippen molar-refractivity contribution in [2.75, 3.05) is 13.7 Å². The van der Waals surface area contributed by atoms with E-state index in [9.17, 15) is 4.79 Å². The van der Waals surface area contributed by atoms with E-state index < -0.39 is 5.97 Å². The summed E-state index contributed by atoms with van der Waals surface area (Å²) in [6.45, 7) is 1.95. The molecule has 0 fully saturated rings. The molecule has 12 heavy (non-hydrogen) atoms. The fourth-order valence-electron chi connectivity index (χ4n) is 0.529. The van der Waals surface area contributed by atoms with Gasteiger partial charge >= 0.3 is 5.97 Å². The topological polar surface area (TPSA) is 62.1 Å². The third-order valence-corrected chi connectivity index (χ3v) is 1.47. The van der Waals surface area contributed by atoms with Gasteiger partial charge in [0.15, 0.2) is 0 Å². The van der Waals surface area contributed by atoms with Gasteiger partial charge in [0.25, 0.3) is 0 Å². The largest absolute Gasteiger partial charge is 0.462 e. The van der Waals surface area contributed by atoms with Gasteiger partial charge in [-0.1, -0.05) is 0 Å². The van der Waals surface area contributed by atoms with Crippen molar-refractivity contribution in [3.63, 3.8) is 0 Å². The predicted molar refractivity (Wildman–Crippen MR) is 47.3 cm³/mol. The monoisotopic (exact) mass is 186 g/mol. The highest BCUT2D eigenvalue weighted by Gasteiger charge is 2.10. The number of nitrogens with one attached hydrogen (secondary N) is 1. The van der Waals surface area contributed by atoms with Gasteiger partial charge in [-0.05, 0) is 6.92 Å². The summed E-state index contributed by atoms with van der Waals surface area (Å²) < 4.78 is 4.62. The van der Waals surface area contributed by atoms with Crippen LogP contribution >= 0.6 is 12.6 Å². The molecule has 0 saturated heterocycles. The molecule has 0 aromatic rings. The Bertz CT molecular complexity index is 242. The molecule has 0 atom stereocenters. The van der Waals surface area contributed by atoms with Crippen LogP contribution in [-0.2, 0) is 9.53 Å². The molecule has 0 radical (unpaired) electrons. The number of ether oxygens (including phenoxy) is 1. The van der Waals surface area contributed by atoms with E-state index in [1.54, 1.807) is 13.0 Å². The van der Waals surface area contributed by atoms with Crippen LogP contribution in [-0.4, -0.2) is 19.6 Å². The van der Waals surface area contributed by atoms with E-state index in [1.807, 2.05) is 0 Å². The molecule has 0 rings (SSSR count). The number of allylic oxidation sites excluding steroid dienone is 1. The van der Waals surface area contributed by atoms with Crippen molar-refractivity contribution < 1.29 is 9.53 Å².